The fourth-order valence-electron chi connectivity index (χ4n) is 3.94. The number of nitrogens with two attached hydrogens (primary N) is 1. The first kappa shape index (κ1) is 12.6. The maximum Gasteiger partial charge on any atom is 0.0936 e. The van der Waals surface area contributed by atoms with Gasteiger partial charge in [0, 0.05) is 34.2 Å². The number of piperidine rings is 1. The molecule has 20 heavy (non-hydrogen) atoms. The van der Waals surface area contributed by atoms with Crippen molar-refractivity contribution >= 4 is 32.5 Å². The van der Waals surface area contributed by atoms with E-state index < -0.39 is 0 Å². The number of fused-ring (bicyclic) bond motifs is 3. The molecule has 3 nitrogen and oxygen atoms in total. The second kappa shape index (κ2) is 4.71. The van der Waals surface area contributed by atoms with E-state index >= 15 is 0 Å². The van der Waals surface area contributed by atoms with Gasteiger partial charge >= 0.3 is 0 Å². The van der Waals surface area contributed by atoms with Crippen molar-refractivity contribution in [2.75, 3.05) is 4.90 Å². The van der Waals surface area contributed by atoms with Gasteiger partial charge in [-0.1, -0.05) is 12.1 Å². The standard InChI is InChI=1S/C16H18BrN3/c17-11-6-10-2-1-3-15(16(10)19-9-11)20-13-4-5-14(20)8-12(18)7-13/h1-3,6,9,12-14H,4-5,7-8,18H2. The first-order valence-electron chi connectivity index (χ1n) is 7.30. The molecule has 0 amide bonds. The highest BCUT2D eigenvalue weighted by molar-refractivity contribution is 9.10. The molecule has 2 aliphatic heterocycles. The second-order valence-electron chi connectivity index (χ2n) is 6.03. The van der Waals surface area contributed by atoms with Crippen LogP contribution < -0.4 is 10.6 Å². The van der Waals surface area contributed by atoms with Crippen LogP contribution in [0.4, 0.5) is 5.69 Å². The Morgan fingerprint density at radius 2 is 1.95 bits per heavy atom. The molecular formula is C16H18BrN3. The number of benzene rings is 1. The Kier molecular flexibility index (Phi) is 2.97. The van der Waals surface area contributed by atoms with Crippen molar-refractivity contribution in [1.29, 1.82) is 0 Å². The summed E-state index contributed by atoms with van der Waals surface area (Å²) >= 11 is 3.50. The van der Waals surface area contributed by atoms with Gasteiger partial charge in [0.05, 0.1) is 11.2 Å². The van der Waals surface area contributed by atoms with E-state index in [0.717, 1.165) is 22.8 Å². The molecule has 0 radical (unpaired) electrons. The molecule has 2 aliphatic rings. The summed E-state index contributed by atoms with van der Waals surface area (Å²) in [5.74, 6) is 0. The van der Waals surface area contributed by atoms with Crippen LogP contribution in [-0.2, 0) is 0 Å². The zero-order valence-electron chi connectivity index (χ0n) is 11.3. The van der Waals surface area contributed by atoms with Crippen molar-refractivity contribution in [3.63, 3.8) is 0 Å². The van der Waals surface area contributed by atoms with Gasteiger partial charge in [-0.2, -0.15) is 0 Å². The molecule has 0 spiro atoms. The molecule has 0 saturated carbocycles. The van der Waals surface area contributed by atoms with Gasteiger partial charge < -0.3 is 10.6 Å². The van der Waals surface area contributed by atoms with E-state index in [2.05, 4.69) is 50.1 Å². The highest BCUT2D eigenvalue weighted by Crippen LogP contribution is 2.41. The topological polar surface area (TPSA) is 42.1 Å². The van der Waals surface area contributed by atoms with Gasteiger partial charge in [-0.05, 0) is 53.7 Å². The zero-order valence-corrected chi connectivity index (χ0v) is 12.9. The molecule has 2 bridgehead atoms. The van der Waals surface area contributed by atoms with Crippen molar-refractivity contribution in [1.82, 2.24) is 4.98 Å². The molecule has 2 saturated heterocycles. The van der Waals surface area contributed by atoms with Crippen LogP contribution in [0.15, 0.2) is 34.9 Å². The Bertz CT molecular complexity index is 643. The van der Waals surface area contributed by atoms with Crippen LogP contribution in [0.2, 0.25) is 0 Å². The lowest BCUT2D eigenvalue weighted by Crippen LogP contribution is -2.47. The number of hydrogen-bond acceptors (Lipinski definition) is 3. The van der Waals surface area contributed by atoms with Crippen LogP contribution in [-0.4, -0.2) is 23.1 Å². The Morgan fingerprint density at radius 3 is 2.70 bits per heavy atom. The molecule has 1 aromatic carbocycles. The number of rotatable bonds is 1. The van der Waals surface area contributed by atoms with E-state index in [4.69, 9.17) is 5.73 Å². The fraction of sp³-hybridized carbons (Fsp3) is 0.438. The molecule has 4 rings (SSSR count). The molecular weight excluding hydrogens is 314 g/mol. The number of aromatic nitrogens is 1. The third-order valence-corrected chi connectivity index (χ3v) is 5.14. The number of anilines is 1. The highest BCUT2D eigenvalue weighted by Gasteiger charge is 2.40. The summed E-state index contributed by atoms with van der Waals surface area (Å²) in [6, 6.07) is 10.2. The van der Waals surface area contributed by atoms with Crippen molar-refractivity contribution in [3.05, 3.63) is 34.9 Å². The van der Waals surface area contributed by atoms with Gasteiger partial charge in [-0.25, -0.2) is 0 Å². The van der Waals surface area contributed by atoms with Gasteiger partial charge in [0.15, 0.2) is 0 Å². The number of nitrogens with zero attached hydrogens (tertiary/aromatic N) is 2. The SMILES string of the molecule is NC1CC2CCC(C1)N2c1cccc2cc(Br)cnc12. The first-order chi connectivity index (χ1) is 9.72. The van der Waals surface area contributed by atoms with Crippen molar-refractivity contribution < 1.29 is 0 Å². The number of para-hydroxylation sites is 1. The van der Waals surface area contributed by atoms with Crippen molar-refractivity contribution in [2.45, 2.75) is 43.8 Å². The molecule has 4 heteroatoms. The summed E-state index contributed by atoms with van der Waals surface area (Å²) in [6.07, 6.45) is 6.66. The molecule has 2 N–H and O–H groups in total. The third kappa shape index (κ3) is 1.93. The predicted molar refractivity (Wildman–Crippen MR) is 85.9 cm³/mol. The zero-order chi connectivity index (χ0) is 13.7. The number of pyridine rings is 1. The van der Waals surface area contributed by atoms with E-state index in [0.29, 0.717) is 18.1 Å². The molecule has 2 fully saturated rings. The monoisotopic (exact) mass is 331 g/mol. The lowest BCUT2D eigenvalue weighted by molar-refractivity contribution is 0.415. The summed E-state index contributed by atoms with van der Waals surface area (Å²) in [5.41, 5.74) is 8.58. The van der Waals surface area contributed by atoms with Crippen LogP contribution in [0.3, 0.4) is 0 Å². The lowest BCUT2D eigenvalue weighted by atomic mass is 9.97. The maximum atomic E-state index is 6.18. The molecule has 1 aromatic heterocycles. The first-order valence-corrected chi connectivity index (χ1v) is 8.10. The predicted octanol–water partition coefficient (Wildman–Crippen LogP) is 3.46. The number of halogens is 1. The van der Waals surface area contributed by atoms with Gasteiger partial charge in [0.25, 0.3) is 0 Å². The van der Waals surface area contributed by atoms with E-state index in [1.54, 1.807) is 0 Å². The molecule has 0 aliphatic carbocycles. The largest absolute Gasteiger partial charge is 0.364 e. The molecule has 104 valence electrons. The van der Waals surface area contributed by atoms with Gasteiger partial charge in [0.1, 0.15) is 0 Å². The Morgan fingerprint density at radius 1 is 1.20 bits per heavy atom. The van der Waals surface area contributed by atoms with Crippen LogP contribution >= 0.6 is 15.9 Å². The fourth-order valence-corrected chi connectivity index (χ4v) is 4.29. The summed E-state index contributed by atoms with van der Waals surface area (Å²) in [5, 5.41) is 1.20. The van der Waals surface area contributed by atoms with Gasteiger partial charge in [0.2, 0.25) is 0 Å². The highest BCUT2D eigenvalue weighted by atomic mass is 79.9. The van der Waals surface area contributed by atoms with Crippen LogP contribution in [0.5, 0.6) is 0 Å². The quantitative estimate of drug-likeness (QED) is 0.870. The minimum atomic E-state index is 0.376. The Labute approximate surface area is 127 Å². The van der Waals surface area contributed by atoms with Crippen molar-refractivity contribution in [3.8, 4) is 0 Å². The second-order valence-corrected chi connectivity index (χ2v) is 6.94. The average molecular weight is 332 g/mol. The minimum Gasteiger partial charge on any atom is -0.364 e. The average Bonchev–Trinajstić information content (AvgIpc) is 2.69. The molecule has 2 unspecified atom stereocenters. The molecule has 3 heterocycles. The minimum absolute atomic E-state index is 0.376. The Hall–Kier alpha value is -1.13. The normalized spacial score (nSPS) is 29.1. The van der Waals surface area contributed by atoms with Gasteiger partial charge in [-0.3, -0.25) is 4.98 Å². The number of hydrogen-bond donors (Lipinski definition) is 1. The van der Waals surface area contributed by atoms with E-state index in [9.17, 15) is 0 Å². The van der Waals surface area contributed by atoms with E-state index in [1.165, 1.54) is 23.9 Å². The molecule has 2 aromatic rings. The van der Waals surface area contributed by atoms with Gasteiger partial charge in [-0.15, -0.1) is 0 Å². The van der Waals surface area contributed by atoms with E-state index in [-0.39, 0.29) is 0 Å². The summed E-state index contributed by atoms with van der Waals surface area (Å²) in [4.78, 5) is 7.24. The summed E-state index contributed by atoms with van der Waals surface area (Å²) in [7, 11) is 0. The maximum absolute atomic E-state index is 6.18. The third-order valence-electron chi connectivity index (χ3n) is 4.70. The van der Waals surface area contributed by atoms with Crippen LogP contribution in [0, 0.1) is 0 Å². The molecule has 2 atom stereocenters. The smallest absolute Gasteiger partial charge is 0.0936 e. The lowest BCUT2D eigenvalue weighted by Gasteiger charge is -2.39. The Balaban J connectivity index is 1.83. The van der Waals surface area contributed by atoms with Crippen LogP contribution in [0.25, 0.3) is 10.9 Å². The van der Waals surface area contributed by atoms with Crippen molar-refractivity contribution in [2.24, 2.45) is 5.73 Å². The van der Waals surface area contributed by atoms with E-state index in [1.807, 2.05) is 6.20 Å². The van der Waals surface area contributed by atoms with Crippen LogP contribution in [0.1, 0.15) is 25.7 Å². The summed E-state index contributed by atoms with van der Waals surface area (Å²) in [6.45, 7) is 0. The summed E-state index contributed by atoms with van der Waals surface area (Å²) < 4.78 is 1.03.